The van der Waals surface area contributed by atoms with Crippen molar-refractivity contribution in [2.24, 2.45) is 21.8 Å². The first-order chi connectivity index (χ1) is 29.7. The number of thiophene rings is 2. The second kappa shape index (κ2) is 17.2. The molecule has 1 amide bonds. The van der Waals surface area contributed by atoms with E-state index in [0.29, 0.717) is 39.1 Å². The van der Waals surface area contributed by atoms with Gasteiger partial charge in [0.05, 0.1) is 54.4 Å². The number of nitrogens with zero attached hydrogens (tertiary/aromatic N) is 7. The second-order valence-corrected chi connectivity index (χ2v) is 17.7. The zero-order valence-corrected chi connectivity index (χ0v) is 36.2. The fourth-order valence-corrected chi connectivity index (χ4v) is 11.1. The first kappa shape index (κ1) is 40.4. The Kier molecular flexibility index (Phi) is 11.4. The summed E-state index contributed by atoms with van der Waals surface area (Å²) in [7, 11) is 1.88. The van der Waals surface area contributed by atoms with Crippen LogP contribution in [0.25, 0.3) is 20.4 Å². The van der Waals surface area contributed by atoms with E-state index in [2.05, 4.69) is 52.7 Å². The molecule has 61 heavy (non-hydrogen) atoms. The molecule has 10 rings (SSSR count). The van der Waals surface area contributed by atoms with Gasteiger partial charge in [-0.25, -0.2) is 19.9 Å². The number of aromatic nitrogens is 4. The van der Waals surface area contributed by atoms with Crippen LogP contribution in [-0.4, -0.2) is 81.1 Å². The standard InChI is InChI=1S/C24H27N5O2S.C21H20N4O3S/c1-4-29(3)24(30)14-6-7-17-20(10-14)32-23-21(17)22(26-13-27-23)28-18-8-15-11-25-12-16(15)9-19(18)31-5-2;1-2-28-16-6-13-9-22-8-12(13)5-15(16)25-19-18-14-4-3-11(21(26)27)7-17(14)29-20(18)24-10-23-19/h8-9,11,13-14H,4-7,10,12H2,1-3H3,(H,26,27,28);5-6,8,10-11H,2-4,7,9H2,1H3,(H,26,27)(H,23,24,25). The molecular weight excluding hydrogens is 811 g/mol. The highest BCUT2D eigenvalue weighted by Gasteiger charge is 2.31. The van der Waals surface area contributed by atoms with Crippen molar-refractivity contribution in [2.75, 3.05) is 37.4 Å². The van der Waals surface area contributed by atoms with E-state index in [1.54, 1.807) is 35.3 Å². The number of hydrogen-bond donors (Lipinski definition) is 3. The van der Waals surface area contributed by atoms with Crippen molar-refractivity contribution in [3.63, 3.8) is 0 Å². The molecule has 2 aliphatic heterocycles. The minimum absolute atomic E-state index is 0.0467. The van der Waals surface area contributed by atoms with E-state index in [1.165, 1.54) is 21.6 Å². The fourth-order valence-electron chi connectivity index (χ4n) is 8.58. The third kappa shape index (κ3) is 7.89. The molecule has 0 radical (unpaired) electrons. The van der Waals surface area contributed by atoms with Crippen molar-refractivity contribution in [3.8, 4) is 11.5 Å². The molecule has 0 saturated heterocycles. The van der Waals surface area contributed by atoms with Crippen molar-refractivity contribution in [2.45, 2.75) is 72.4 Å². The number of aryl methyl sites for hydroxylation is 2. The van der Waals surface area contributed by atoms with E-state index in [-0.39, 0.29) is 17.7 Å². The summed E-state index contributed by atoms with van der Waals surface area (Å²) in [6.07, 6.45) is 11.4. The van der Waals surface area contributed by atoms with Gasteiger partial charge in [0.15, 0.2) is 0 Å². The number of fused-ring (bicyclic) bond motifs is 8. The highest BCUT2D eigenvalue weighted by Crippen LogP contribution is 2.44. The molecule has 16 heteroatoms. The van der Waals surface area contributed by atoms with Crippen molar-refractivity contribution in [1.29, 1.82) is 0 Å². The first-order valence-electron chi connectivity index (χ1n) is 20.8. The lowest BCUT2D eigenvalue weighted by atomic mass is 9.87. The zero-order valence-electron chi connectivity index (χ0n) is 34.6. The van der Waals surface area contributed by atoms with E-state index >= 15 is 0 Å². The fraction of sp³-hybridized carbons (Fsp3) is 0.378. The minimum atomic E-state index is -0.723. The van der Waals surface area contributed by atoms with Gasteiger partial charge in [0.25, 0.3) is 0 Å². The van der Waals surface area contributed by atoms with Gasteiger partial charge >= 0.3 is 5.97 Å². The number of benzene rings is 2. The number of hydrogen-bond acceptors (Lipinski definition) is 14. The molecule has 0 saturated carbocycles. The summed E-state index contributed by atoms with van der Waals surface area (Å²) in [6, 6.07) is 8.23. The van der Waals surface area contributed by atoms with Crippen LogP contribution in [0.3, 0.4) is 0 Å². The smallest absolute Gasteiger partial charge is 0.306 e. The van der Waals surface area contributed by atoms with E-state index in [0.717, 1.165) is 109 Å². The van der Waals surface area contributed by atoms with Crippen molar-refractivity contribution in [1.82, 2.24) is 24.8 Å². The number of aliphatic imine (C=N–C) groups is 2. The number of amides is 1. The largest absolute Gasteiger partial charge is 0.492 e. The van der Waals surface area contributed by atoms with Gasteiger partial charge in [-0.2, -0.15) is 0 Å². The van der Waals surface area contributed by atoms with Crippen molar-refractivity contribution >= 4 is 90.4 Å². The Morgan fingerprint density at radius 1 is 0.738 bits per heavy atom. The number of carboxylic acids is 1. The number of carboxylic acid groups (broad SMARTS) is 1. The Bertz CT molecular complexity index is 2740. The molecule has 6 heterocycles. The number of aliphatic carboxylic acids is 1. The maximum absolute atomic E-state index is 12.7. The zero-order chi connectivity index (χ0) is 42.2. The molecule has 2 atom stereocenters. The van der Waals surface area contributed by atoms with Crippen LogP contribution in [0.4, 0.5) is 23.0 Å². The molecule has 4 aliphatic rings. The van der Waals surface area contributed by atoms with Crippen molar-refractivity contribution in [3.05, 3.63) is 80.1 Å². The molecular formula is C45H47N9O5S2. The quantitative estimate of drug-likeness (QED) is 0.114. The normalized spacial score (nSPS) is 16.9. The van der Waals surface area contributed by atoms with Crippen LogP contribution < -0.4 is 20.1 Å². The lowest BCUT2D eigenvalue weighted by molar-refractivity contribution is -0.142. The Labute approximate surface area is 361 Å². The second-order valence-electron chi connectivity index (χ2n) is 15.5. The Morgan fingerprint density at radius 3 is 1.70 bits per heavy atom. The van der Waals surface area contributed by atoms with E-state index in [1.807, 2.05) is 57.3 Å². The van der Waals surface area contributed by atoms with Crippen LogP contribution in [0.15, 0.2) is 46.9 Å². The van der Waals surface area contributed by atoms with Gasteiger partial charge in [-0.15, -0.1) is 22.7 Å². The molecule has 2 unspecified atom stereocenters. The van der Waals surface area contributed by atoms with Gasteiger partial charge < -0.3 is 30.1 Å². The SMILES string of the molecule is CCOc1cc2c(cc1Nc1ncnc3sc4c(c13)CCC(C(=O)N(C)CC)C4)C=NC2.CCOc1cc2c(cc1Nc1ncnc3sc4c(c13)CCC(C(=O)O)C4)C=NC2. The molecule has 4 aromatic heterocycles. The molecule has 0 fully saturated rings. The van der Waals surface area contributed by atoms with Gasteiger partial charge in [-0.3, -0.25) is 19.6 Å². The summed E-state index contributed by atoms with van der Waals surface area (Å²) in [5.74, 6) is 2.35. The lowest BCUT2D eigenvalue weighted by Gasteiger charge is -2.26. The van der Waals surface area contributed by atoms with Crippen LogP contribution in [0, 0.1) is 11.8 Å². The molecule has 14 nitrogen and oxygen atoms in total. The third-order valence-corrected chi connectivity index (χ3v) is 14.1. The summed E-state index contributed by atoms with van der Waals surface area (Å²) < 4.78 is 11.8. The summed E-state index contributed by atoms with van der Waals surface area (Å²) in [5.41, 5.74) is 8.69. The van der Waals surface area contributed by atoms with Gasteiger partial charge in [-0.1, -0.05) is 0 Å². The van der Waals surface area contributed by atoms with Gasteiger partial charge in [-0.05, 0) is 117 Å². The first-order valence-corrected chi connectivity index (χ1v) is 22.5. The molecule has 3 N–H and O–H groups in total. The van der Waals surface area contributed by atoms with Gasteiger partial charge in [0, 0.05) is 41.7 Å². The number of carbonyl (C=O) groups is 2. The van der Waals surface area contributed by atoms with Gasteiger partial charge in [0.2, 0.25) is 5.91 Å². The van der Waals surface area contributed by atoms with Crippen LogP contribution >= 0.6 is 22.7 Å². The van der Waals surface area contributed by atoms with E-state index in [4.69, 9.17) is 9.47 Å². The van der Waals surface area contributed by atoms with Crippen LogP contribution in [-0.2, 0) is 48.4 Å². The van der Waals surface area contributed by atoms with Crippen molar-refractivity contribution < 1.29 is 24.2 Å². The summed E-state index contributed by atoms with van der Waals surface area (Å²) in [6.45, 7) is 9.22. The number of anilines is 4. The Hall–Kier alpha value is -6.00. The van der Waals surface area contributed by atoms with E-state index in [9.17, 15) is 14.7 Å². The molecule has 2 aliphatic carbocycles. The predicted octanol–water partition coefficient (Wildman–Crippen LogP) is 8.30. The topological polar surface area (TPSA) is 176 Å². The van der Waals surface area contributed by atoms with Crippen LogP contribution in [0.5, 0.6) is 11.5 Å². The summed E-state index contributed by atoms with van der Waals surface area (Å²) >= 11 is 3.26. The number of nitrogens with one attached hydrogen (secondary N) is 2. The number of rotatable bonds is 11. The Morgan fingerprint density at radius 2 is 1.23 bits per heavy atom. The Balaban J connectivity index is 0.000000157. The average molecular weight is 858 g/mol. The molecule has 6 aromatic rings. The van der Waals surface area contributed by atoms with Gasteiger partial charge in [0.1, 0.15) is 45.5 Å². The summed E-state index contributed by atoms with van der Waals surface area (Å²) in [4.78, 5) is 57.0. The maximum atomic E-state index is 12.7. The highest BCUT2D eigenvalue weighted by atomic mass is 32.1. The minimum Gasteiger partial charge on any atom is -0.492 e. The molecule has 314 valence electrons. The maximum Gasteiger partial charge on any atom is 0.306 e. The predicted molar refractivity (Wildman–Crippen MR) is 241 cm³/mol. The average Bonchev–Trinajstić information content (AvgIpc) is 4.08. The van der Waals surface area contributed by atoms with E-state index < -0.39 is 5.97 Å². The highest BCUT2D eigenvalue weighted by molar-refractivity contribution is 7.19. The lowest BCUT2D eigenvalue weighted by Crippen LogP contribution is -2.35. The molecule has 2 aromatic carbocycles. The van der Waals surface area contributed by atoms with Crippen LogP contribution in [0.1, 0.15) is 76.7 Å². The number of ether oxygens (including phenoxy) is 2. The third-order valence-electron chi connectivity index (χ3n) is 11.8. The van der Waals surface area contributed by atoms with Crippen LogP contribution in [0.2, 0.25) is 0 Å². The summed E-state index contributed by atoms with van der Waals surface area (Å²) in [5, 5.41) is 18.4. The molecule has 0 bridgehead atoms. The number of carbonyl (C=O) groups excluding carboxylic acids is 1. The molecule has 0 spiro atoms. The monoisotopic (exact) mass is 857 g/mol.